The molecule has 2 atom stereocenters. The number of thiophene rings is 1. The molecule has 19 heavy (non-hydrogen) atoms. The van der Waals surface area contributed by atoms with Gasteiger partial charge in [0.1, 0.15) is 5.82 Å². The number of halogens is 1. The molecule has 2 aromatic rings. The highest BCUT2D eigenvalue weighted by molar-refractivity contribution is 7.12. The number of aliphatic hydroxyl groups excluding tert-OH is 1. The third kappa shape index (κ3) is 3.62. The van der Waals surface area contributed by atoms with Gasteiger partial charge in [-0.3, -0.25) is 0 Å². The van der Waals surface area contributed by atoms with Crippen molar-refractivity contribution in [1.82, 2.24) is 5.32 Å². The van der Waals surface area contributed by atoms with Crippen LogP contribution in [0.15, 0.2) is 36.4 Å². The zero-order valence-electron chi connectivity index (χ0n) is 11.1. The summed E-state index contributed by atoms with van der Waals surface area (Å²) in [5.41, 5.74) is 0.338. The molecule has 0 amide bonds. The zero-order valence-corrected chi connectivity index (χ0v) is 11.9. The Hall–Kier alpha value is -1.23. The van der Waals surface area contributed by atoms with Gasteiger partial charge in [0.25, 0.3) is 0 Å². The van der Waals surface area contributed by atoms with Crippen LogP contribution in [0.3, 0.4) is 0 Å². The highest BCUT2D eigenvalue weighted by atomic mass is 32.1. The van der Waals surface area contributed by atoms with Crippen LogP contribution in [0.2, 0.25) is 0 Å². The van der Waals surface area contributed by atoms with Crippen LogP contribution < -0.4 is 5.32 Å². The number of aliphatic hydroxyl groups is 1. The summed E-state index contributed by atoms with van der Waals surface area (Å²) in [5.74, 6) is -0.364. The van der Waals surface area contributed by atoms with E-state index in [-0.39, 0.29) is 11.9 Å². The van der Waals surface area contributed by atoms with Gasteiger partial charge in [0.05, 0.1) is 6.10 Å². The van der Waals surface area contributed by atoms with Crippen molar-refractivity contribution in [3.8, 4) is 0 Å². The lowest BCUT2D eigenvalue weighted by molar-refractivity contribution is 0.166. The Kier molecular flexibility index (Phi) is 4.69. The predicted octanol–water partition coefficient (Wildman–Crippen LogP) is 3.58. The van der Waals surface area contributed by atoms with Crippen LogP contribution in [0.4, 0.5) is 4.39 Å². The van der Waals surface area contributed by atoms with Gasteiger partial charge in [-0.2, -0.15) is 0 Å². The van der Waals surface area contributed by atoms with Crippen molar-refractivity contribution in [3.63, 3.8) is 0 Å². The van der Waals surface area contributed by atoms with Crippen molar-refractivity contribution < 1.29 is 9.50 Å². The maximum absolute atomic E-state index is 13.5. The highest BCUT2D eigenvalue weighted by Gasteiger charge is 2.14. The first-order chi connectivity index (χ1) is 9.08. The van der Waals surface area contributed by atoms with Gasteiger partial charge >= 0.3 is 0 Å². The molecule has 0 fully saturated rings. The lowest BCUT2D eigenvalue weighted by atomic mass is 10.1. The molecule has 1 aromatic heterocycles. The first kappa shape index (κ1) is 14.2. The molecule has 4 heteroatoms. The lowest BCUT2D eigenvalue weighted by Crippen LogP contribution is -2.24. The quantitative estimate of drug-likeness (QED) is 0.877. The molecule has 0 aliphatic rings. The molecule has 0 bridgehead atoms. The summed E-state index contributed by atoms with van der Waals surface area (Å²) in [6.07, 6.45) is -0.829. The van der Waals surface area contributed by atoms with Crippen LogP contribution in [0.1, 0.15) is 34.4 Å². The normalized spacial score (nSPS) is 14.3. The Bertz CT molecular complexity index is 540. The third-order valence-electron chi connectivity index (χ3n) is 3.07. The summed E-state index contributed by atoms with van der Waals surface area (Å²) in [4.78, 5) is 2.48. The zero-order chi connectivity index (χ0) is 13.8. The minimum Gasteiger partial charge on any atom is -0.387 e. The molecule has 0 radical (unpaired) electrons. The van der Waals surface area contributed by atoms with Crippen molar-refractivity contribution in [1.29, 1.82) is 0 Å². The second-order valence-electron chi connectivity index (χ2n) is 4.62. The minimum atomic E-state index is -0.829. The Morgan fingerprint density at radius 2 is 2.00 bits per heavy atom. The first-order valence-electron chi connectivity index (χ1n) is 6.30. The Labute approximate surface area is 116 Å². The van der Waals surface area contributed by atoms with Crippen LogP contribution in [0.25, 0.3) is 0 Å². The van der Waals surface area contributed by atoms with E-state index in [0.29, 0.717) is 12.1 Å². The van der Waals surface area contributed by atoms with Gasteiger partial charge < -0.3 is 10.4 Å². The van der Waals surface area contributed by atoms with Crippen molar-refractivity contribution >= 4 is 11.3 Å². The standard InChI is InChI=1S/C15H18FNOS/c1-10-7-8-15(19-10)11(2)17-9-14(18)12-5-3-4-6-13(12)16/h3-8,11,14,17-18H,9H2,1-2H3. The second kappa shape index (κ2) is 6.28. The molecular weight excluding hydrogens is 261 g/mol. The van der Waals surface area contributed by atoms with Crippen molar-refractivity contribution in [2.24, 2.45) is 0 Å². The van der Waals surface area contributed by atoms with E-state index in [1.807, 2.05) is 6.92 Å². The Balaban J connectivity index is 1.94. The number of nitrogens with one attached hydrogen (secondary N) is 1. The molecule has 2 rings (SSSR count). The fourth-order valence-electron chi connectivity index (χ4n) is 1.93. The lowest BCUT2D eigenvalue weighted by Gasteiger charge is -2.17. The summed E-state index contributed by atoms with van der Waals surface area (Å²) >= 11 is 1.73. The largest absolute Gasteiger partial charge is 0.387 e. The van der Waals surface area contributed by atoms with Gasteiger partial charge in [0.15, 0.2) is 0 Å². The van der Waals surface area contributed by atoms with Gasteiger partial charge in [-0.15, -0.1) is 11.3 Å². The van der Waals surface area contributed by atoms with Crippen LogP contribution in [0.5, 0.6) is 0 Å². The first-order valence-corrected chi connectivity index (χ1v) is 7.12. The summed E-state index contributed by atoms with van der Waals surface area (Å²) in [6, 6.07) is 10.6. The van der Waals surface area contributed by atoms with E-state index in [1.54, 1.807) is 29.5 Å². The smallest absolute Gasteiger partial charge is 0.129 e. The summed E-state index contributed by atoms with van der Waals surface area (Å²) in [6.45, 7) is 4.44. The molecule has 0 saturated carbocycles. The highest BCUT2D eigenvalue weighted by Crippen LogP contribution is 2.23. The Morgan fingerprint density at radius 3 is 2.63 bits per heavy atom. The van der Waals surface area contributed by atoms with E-state index in [1.165, 1.54) is 15.8 Å². The third-order valence-corrected chi connectivity index (χ3v) is 4.25. The van der Waals surface area contributed by atoms with Gasteiger partial charge in [-0.05, 0) is 32.0 Å². The maximum Gasteiger partial charge on any atom is 0.129 e. The summed E-state index contributed by atoms with van der Waals surface area (Å²) in [7, 11) is 0. The number of hydrogen-bond donors (Lipinski definition) is 2. The minimum absolute atomic E-state index is 0.153. The fourth-order valence-corrected chi connectivity index (χ4v) is 2.83. The number of aryl methyl sites for hydroxylation is 1. The van der Waals surface area contributed by atoms with Gasteiger partial charge in [0, 0.05) is 27.9 Å². The summed E-state index contributed by atoms with van der Waals surface area (Å²) < 4.78 is 13.5. The van der Waals surface area contributed by atoms with Crippen LogP contribution >= 0.6 is 11.3 Å². The average molecular weight is 279 g/mol. The topological polar surface area (TPSA) is 32.3 Å². The molecule has 0 saturated heterocycles. The van der Waals surface area contributed by atoms with Gasteiger partial charge in [-0.25, -0.2) is 4.39 Å². The fraction of sp³-hybridized carbons (Fsp3) is 0.333. The maximum atomic E-state index is 13.5. The molecule has 0 aliphatic carbocycles. The SMILES string of the molecule is Cc1ccc(C(C)NCC(O)c2ccccc2F)s1. The molecule has 102 valence electrons. The van der Waals surface area contributed by atoms with Crippen molar-refractivity contribution in [3.05, 3.63) is 57.5 Å². The second-order valence-corrected chi connectivity index (χ2v) is 5.94. The number of benzene rings is 1. The van der Waals surface area contributed by atoms with E-state index in [0.717, 1.165) is 0 Å². The monoisotopic (exact) mass is 279 g/mol. The Morgan fingerprint density at radius 1 is 1.26 bits per heavy atom. The van der Waals surface area contributed by atoms with Crippen molar-refractivity contribution in [2.45, 2.75) is 26.0 Å². The van der Waals surface area contributed by atoms with E-state index >= 15 is 0 Å². The molecule has 2 N–H and O–H groups in total. The number of hydrogen-bond acceptors (Lipinski definition) is 3. The summed E-state index contributed by atoms with van der Waals surface area (Å²) in [5, 5.41) is 13.2. The van der Waals surface area contributed by atoms with E-state index in [4.69, 9.17) is 0 Å². The number of rotatable bonds is 5. The molecule has 1 aromatic carbocycles. The molecular formula is C15H18FNOS. The van der Waals surface area contributed by atoms with Gasteiger partial charge in [-0.1, -0.05) is 18.2 Å². The molecule has 0 spiro atoms. The van der Waals surface area contributed by atoms with E-state index in [2.05, 4.69) is 24.4 Å². The van der Waals surface area contributed by atoms with Crippen LogP contribution in [-0.2, 0) is 0 Å². The van der Waals surface area contributed by atoms with Crippen LogP contribution in [0, 0.1) is 12.7 Å². The molecule has 1 heterocycles. The molecule has 2 nitrogen and oxygen atoms in total. The van der Waals surface area contributed by atoms with E-state index < -0.39 is 6.10 Å². The average Bonchev–Trinajstić information content (AvgIpc) is 2.83. The molecule has 2 unspecified atom stereocenters. The van der Waals surface area contributed by atoms with Crippen molar-refractivity contribution in [2.75, 3.05) is 6.54 Å². The van der Waals surface area contributed by atoms with Gasteiger partial charge in [0.2, 0.25) is 0 Å². The molecule has 0 aliphatic heterocycles. The predicted molar refractivity (Wildman–Crippen MR) is 76.8 cm³/mol. The van der Waals surface area contributed by atoms with E-state index in [9.17, 15) is 9.50 Å². The van der Waals surface area contributed by atoms with Crippen LogP contribution in [-0.4, -0.2) is 11.7 Å².